The highest BCUT2D eigenvalue weighted by atomic mass is 16.4. The van der Waals surface area contributed by atoms with Crippen molar-refractivity contribution in [2.75, 3.05) is 0 Å². The van der Waals surface area contributed by atoms with E-state index in [1.165, 1.54) is 24.5 Å². The molecule has 0 fully saturated rings. The van der Waals surface area contributed by atoms with Gasteiger partial charge in [-0.2, -0.15) is 0 Å². The number of nitrogens with zero attached hydrogens (tertiary/aromatic N) is 2. The van der Waals surface area contributed by atoms with Crippen LogP contribution in [-0.4, -0.2) is 32.1 Å². The molecule has 0 spiro atoms. The summed E-state index contributed by atoms with van der Waals surface area (Å²) in [4.78, 5) is 29.0. The molecule has 2 rings (SSSR count). The quantitative estimate of drug-likeness (QED) is 0.871. The molecule has 96 valence electrons. The van der Waals surface area contributed by atoms with Crippen LogP contribution < -0.4 is 0 Å². The molecule has 0 amide bonds. The number of benzene rings is 1. The molecule has 0 aliphatic carbocycles. The normalized spacial score (nSPS) is 10.2. The van der Waals surface area contributed by atoms with Gasteiger partial charge in [-0.25, -0.2) is 19.6 Å². The number of aromatic carboxylic acids is 2. The van der Waals surface area contributed by atoms with E-state index in [0.717, 1.165) is 5.56 Å². The Morgan fingerprint density at radius 1 is 1.05 bits per heavy atom. The molecule has 0 bridgehead atoms. The number of hydrogen-bond acceptors (Lipinski definition) is 4. The lowest BCUT2D eigenvalue weighted by Crippen LogP contribution is -2.03. The number of aryl methyl sites for hydroxylation is 1. The SMILES string of the molecule is Cc1ccc(C(=O)O)cc1-c1cnc(C(=O)O)nc1. The van der Waals surface area contributed by atoms with Crippen molar-refractivity contribution >= 4 is 11.9 Å². The van der Waals surface area contributed by atoms with Crippen molar-refractivity contribution in [1.82, 2.24) is 9.97 Å². The second-order valence-corrected chi connectivity index (χ2v) is 3.94. The van der Waals surface area contributed by atoms with Gasteiger partial charge in [-0.3, -0.25) is 0 Å². The van der Waals surface area contributed by atoms with Gasteiger partial charge in [0.1, 0.15) is 0 Å². The van der Waals surface area contributed by atoms with Gasteiger partial charge in [0.25, 0.3) is 0 Å². The molecule has 0 unspecified atom stereocenters. The van der Waals surface area contributed by atoms with Crippen LogP contribution in [0.2, 0.25) is 0 Å². The Morgan fingerprint density at radius 3 is 2.21 bits per heavy atom. The summed E-state index contributed by atoms with van der Waals surface area (Å²) in [6, 6.07) is 4.70. The van der Waals surface area contributed by atoms with Crippen LogP contribution >= 0.6 is 0 Å². The molecule has 0 atom stereocenters. The van der Waals surface area contributed by atoms with Gasteiger partial charge in [-0.05, 0) is 30.2 Å². The first-order valence-corrected chi connectivity index (χ1v) is 5.38. The van der Waals surface area contributed by atoms with Gasteiger partial charge in [0.15, 0.2) is 0 Å². The van der Waals surface area contributed by atoms with Crippen LogP contribution in [-0.2, 0) is 0 Å². The lowest BCUT2D eigenvalue weighted by Gasteiger charge is -2.06. The molecular weight excluding hydrogens is 248 g/mol. The molecule has 0 aliphatic heterocycles. The third-order valence-corrected chi connectivity index (χ3v) is 2.64. The Kier molecular flexibility index (Phi) is 3.24. The number of carboxylic acid groups (broad SMARTS) is 2. The minimum Gasteiger partial charge on any atom is -0.478 e. The van der Waals surface area contributed by atoms with E-state index in [1.54, 1.807) is 6.07 Å². The minimum absolute atomic E-state index is 0.155. The highest BCUT2D eigenvalue weighted by Gasteiger charge is 2.10. The standard InChI is InChI=1S/C13H10N2O4/c1-7-2-3-8(12(16)17)4-10(7)9-5-14-11(13(18)19)15-6-9/h2-6H,1H3,(H,16,17)(H,18,19). The lowest BCUT2D eigenvalue weighted by molar-refractivity contribution is 0.0677. The Balaban J connectivity index is 2.48. The maximum atomic E-state index is 10.9. The Bertz CT molecular complexity index is 650. The van der Waals surface area contributed by atoms with Gasteiger partial charge in [0, 0.05) is 18.0 Å². The van der Waals surface area contributed by atoms with Gasteiger partial charge < -0.3 is 10.2 Å². The summed E-state index contributed by atoms with van der Waals surface area (Å²) in [6.07, 6.45) is 2.73. The number of rotatable bonds is 3. The van der Waals surface area contributed by atoms with E-state index in [9.17, 15) is 9.59 Å². The van der Waals surface area contributed by atoms with Crippen LogP contribution in [0.3, 0.4) is 0 Å². The Hall–Kier alpha value is -2.76. The third kappa shape index (κ3) is 2.57. The zero-order chi connectivity index (χ0) is 14.0. The highest BCUT2D eigenvalue weighted by molar-refractivity contribution is 5.90. The fourth-order valence-corrected chi connectivity index (χ4v) is 1.64. The summed E-state index contributed by atoms with van der Waals surface area (Å²) in [5.74, 6) is -2.53. The fraction of sp³-hybridized carbons (Fsp3) is 0.0769. The van der Waals surface area contributed by atoms with E-state index >= 15 is 0 Å². The van der Waals surface area contributed by atoms with Crippen molar-refractivity contribution in [3.63, 3.8) is 0 Å². The van der Waals surface area contributed by atoms with E-state index < -0.39 is 11.9 Å². The van der Waals surface area contributed by atoms with Crippen LogP contribution in [0.4, 0.5) is 0 Å². The average Bonchev–Trinajstić information content (AvgIpc) is 2.39. The first kappa shape index (κ1) is 12.7. The third-order valence-electron chi connectivity index (χ3n) is 2.64. The monoisotopic (exact) mass is 258 g/mol. The largest absolute Gasteiger partial charge is 0.478 e. The zero-order valence-corrected chi connectivity index (χ0v) is 9.99. The molecule has 1 aromatic heterocycles. The van der Waals surface area contributed by atoms with E-state index in [1.807, 2.05) is 6.92 Å². The van der Waals surface area contributed by atoms with Crippen LogP contribution in [0.5, 0.6) is 0 Å². The van der Waals surface area contributed by atoms with Crippen molar-refractivity contribution in [3.8, 4) is 11.1 Å². The predicted molar refractivity (Wildman–Crippen MR) is 66.1 cm³/mol. The van der Waals surface area contributed by atoms with Gasteiger partial charge >= 0.3 is 11.9 Å². The maximum Gasteiger partial charge on any atom is 0.373 e. The topological polar surface area (TPSA) is 100 Å². The average molecular weight is 258 g/mol. The fourth-order valence-electron chi connectivity index (χ4n) is 1.64. The molecule has 19 heavy (non-hydrogen) atoms. The number of hydrogen-bond donors (Lipinski definition) is 2. The first-order chi connectivity index (χ1) is 8.99. The molecule has 2 N–H and O–H groups in total. The van der Waals surface area contributed by atoms with Crippen LogP contribution in [0.1, 0.15) is 26.5 Å². The van der Waals surface area contributed by atoms with Crippen molar-refractivity contribution in [1.29, 1.82) is 0 Å². The van der Waals surface area contributed by atoms with Crippen LogP contribution in [0.25, 0.3) is 11.1 Å². The Labute approximate surface area is 108 Å². The summed E-state index contributed by atoms with van der Waals surface area (Å²) in [7, 11) is 0. The highest BCUT2D eigenvalue weighted by Crippen LogP contribution is 2.23. The molecule has 0 aliphatic rings. The second kappa shape index (κ2) is 4.85. The number of carboxylic acids is 2. The van der Waals surface area contributed by atoms with Gasteiger partial charge in [-0.1, -0.05) is 6.07 Å². The molecule has 1 heterocycles. The van der Waals surface area contributed by atoms with Crippen LogP contribution in [0, 0.1) is 6.92 Å². The van der Waals surface area contributed by atoms with Crippen LogP contribution in [0.15, 0.2) is 30.6 Å². The molecule has 0 saturated carbocycles. The molecule has 1 aromatic carbocycles. The second-order valence-electron chi connectivity index (χ2n) is 3.94. The Morgan fingerprint density at radius 2 is 1.68 bits per heavy atom. The smallest absolute Gasteiger partial charge is 0.373 e. The first-order valence-electron chi connectivity index (χ1n) is 5.38. The molecule has 6 nitrogen and oxygen atoms in total. The number of carbonyl (C=O) groups is 2. The van der Waals surface area contributed by atoms with Gasteiger partial charge in [0.2, 0.25) is 5.82 Å². The van der Waals surface area contributed by atoms with E-state index in [4.69, 9.17) is 10.2 Å². The van der Waals surface area contributed by atoms with E-state index in [-0.39, 0.29) is 11.4 Å². The van der Waals surface area contributed by atoms with Crippen molar-refractivity contribution in [3.05, 3.63) is 47.5 Å². The molecule has 0 saturated heterocycles. The lowest BCUT2D eigenvalue weighted by atomic mass is 10.0. The summed E-state index contributed by atoms with van der Waals surface area (Å²) in [6.45, 7) is 1.83. The van der Waals surface area contributed by atoms with Gasteiger partial charge in [0.05, 0.1) is 5.56 Å². The predicted octanol–water partition coefficient (Wildman–Crippen LogP) is 1.85. The minimum atomic E-state index is -1.21. The van der Waals surface area contributed by atoms with Crippen molar-refractivity contribution in [2.24, 2.45) is 0 Å². The maximum absolute atomic E-state index is 10.9. The van der Waals surface area contributed by atoms with E-state index in [2.05, 4.69) is 9.97 Å². The molecule has 2 aromatic rings. The van der Waals surface area contributed by atoms with E-state index in [0.29, 0.717) is 11.1 Å². The van der Waals surface area contributed by atoms with Crippen molar-refractivity contribution in [2.45, 2.75) is 6.92 Å². The summed E-state index contributed by atoms with van der Waals surface area (Å²) in [5.41, 5.74) is 2.25. The summed E-state index contributed by atoms with van der Waals surface area (Å²) in [5, 5.41) is 17.7. The number of aromatic nitrogens is 2. The molecule has 6 heteroatoms. The van der Waals surface area contributed by atoms with Gasteiger partial charge in [-0.15, -0.1) is 0 Å². The van der Waals surface area contributed by atoms with Crippen molar-refractivity contribution < 1.29 is 19.8 Å². The summed E-state index contributed by atoms with van der Waals surface area (Å²) < 4.78 is 0. The molecule has 0 radical (unpaired) electrons. The zero-order valence-electron chi connectivity index (χ0n) is 9.99. The summed E-state index contributed by atoms with van der Waals surface area (Å²) >= 11 is 0. The molecular formula is C13H10N2O4.